The molecule has 164 valence electrons. The van der Waals surface area contributed by atoms with Crippen LogP contribution >= 0.6 is 0 Å². The summed E-state index contributed by atoms with van der Waals surface area (Å²) < 4.78 is 0. The monoisotopic (exact) mass is 420 g/mol. The maximum Gasteiger partial charge on any atom is 0.239 e. The van der Waals surface area contributed by atoms with Crippen LogP contribution in [0.3, 0.4) is 0 Å². The second-order valence-electron chi connectivity index (χ2n) is 8.00. The van der Waals surface area contributed by atoms with Gasteiger partial charge in [0.05, 0.1) is 18.3 Å². The summed E-state index contributed by atoms with van der Waals surface area (Å²) in [5.74, 6) is 1.18. The second-order valence-corrected chi connectivity index (χ2v) is 8.00. The van der Waals surface area contributed by atoms with Gasteiger partial charge in [0.25, 0.3) is 0 Å². The zero-order chi connectivity index (χ0) is 21.6. The Morgan fingerprint density at radius 2 is 1.94 bits per heavy atom. The molecule has 0 atom stereocenters. The summed E-state index contributed by atoms with van der Waals surface area (Å²) in [6.45, 7) is 9.23. The largest absolute Gasteiger partial charge is 0.362 e. The van der Waals surface area contributed by atoms with E-state index in [0.717, 1.165) is 57.0 Å². The topological polar surface area (TPSA) is 67.5 Å². The highest BCUT2D eigenvalue weighted by molar-refractivity contribution is 5.82. The maximum absolute atomic E-state index is 11.2. The van der Waals surface area contributed by atoms with Crippen LogP contribution in [0.25, 0.3) is 10.9 Å². The molecule has 2 N–H and O–H groups in total. The van der Waals surface area contributed by atoms with Crippen LogP contribution in [0.15, 0.2) is 48.8 Å². The molecule has 2 aliphatic rings. The molecule has 0 unspecified atom stereocenters. The number of amides is 1. The summed E-state index contributed by atoms with van der Waals surface area (Å²) in [7, 11) is 1.67. The van der Waals surface area contributed by atoms with Crippen molar-refractivity contribution in [1.82, 2.24) is 20.2 Å². The number of H-pyrrole nitrogens is 1. The fraction of sp³-hybridized carbons (Fsp3) is 0.417. The molecule has 0 saturated carbocycles. The molecule has 0 bridgehead atoms. The number of likely N-dealkylation sites (N-methyl/N-ethyl adjacent to an activating group) is 2. The number of nitrogens with one attached hydrogen (secondary N) is 2. The Bertz CT molecular complexity index is 1010. The van der Waals surface area contributed by atoms with Crippen LogP contribution in [-0.4, -0.2) is 73.6 Å². The quantitative estimate of drug-likeness (QED) is 0.679. The lowest BCUT2D eigenvalue weighted by molar-refractivity contribution is -0.119. The first-order valence-electron chi connectivity index (χ1n) is 11.1. The molecule has 0 aliphatic carbocycles. The second kappa shape index (κ2) is 9.83. The molecule has 31 heavy (non-hydrogen) atoms. The summed E-state index contributed by atoms with van der Waals surface area (Å²) >= 11 is 0. The Morgan fingerprint density at radius 1 is 1.13 bits per heavy atom. The molecular weight excluding hydrogens is 388 g/mol. The number of hydrogen-bond donors (Lipinski definition) is 2. The van der Waals surface area contributed by atoms with Crippen LogP contribution in [0.4, 0.5) is 11.5 Å². The van der Waals surface area contributed by atoms with Gasteiger partial charge in [0, 0.05) is 57.0 Å². The van der Waals surface area contributed by atoms with Gasteiger partial charge in [0.1, 0.15) is 5.82 Å². The van der Waals surface area contributed by atoms with Crippen molar-refractivity contribution >= 4 is 28.3 Å². The Morgan fingerprint density at radius 3 is 2.71 bits per heavy atom. The van der Waals surface area contributed by atoms with Crippen LogP contribution in [0.5, 0.6) is 0 Å². The number of anilines is 2. The Kier molecular flexibility index (Phi) is 6.72. The fourth-order valence-corrected chi connectivity index (χ4v) is 4.23. The average Bonchev–Trinajstić information content (AvgIpc) is 3.46. The number of carbonyl (C=O) groups excluding carboxylic acids is 1. The number of fused-ring (bicyclic) bond motifs is 2. The molecule has 1 aromatic carbocycles. The third-order valence-corrected chi connectivity index (χ3v) is 6.16. The molecule has 1 amide bonds. The van der Waals surface area contributed by atoms with Gasteiger partial charge in [0.2, 0.25) is 5.91 Å². The van der Waals surface area contributed by atoms with E-state index in [1.807, 2.05) is 24.5 Å². The number of rotatable bonds is 4. The molecule has 1 fully saturated rings. The maximum atomic E-state index is 11.2. The lowest BCUT2D eigenvalue weighted by atomic mass is 10.2. The van der Waals surface area contributed by atoms with E-state index in [1.165, 1.54) is 16.6 Å². The first-order chi connectivity index (χ1) is 15.2. The van der Waals surface area contributed by atoms with Crippen molar-refractivity contribution in [2.45, 2.75) is 13.3 Å². The van der Waals surface area contributed by atoms with E-state index in [4.69, 9.17) is 0 Å². The highest BCUT2D eigenvalue weighted by Crippen LogP contribution is 2.26. The van der Waals surface area contributed by atoms with Gasteiger partial charge in [0.15, 0.2) is 0 Å². The molecule has 7 heteroatoms. The predicted molar refractivity (Wildman–Crippen MR) is 127 cm³/mol. The van der Waals surface area contributed by atoms with Crippen molar-refractivity contribution in [2.75, 3.05) is 62.7 Å². The third-order valence-electron chi connectivity index (χ3n) is 6.16. The molecule has 0 spiro atoms. The van der Waals surface area contributed by atoms with E-state index in [2.05, 4.69) is 61.2 Å². The smallest absolute Gasteiger partial charge is 0.239 e. The minimum Gasteiger partial charge on any atom is -0.362 e. The number of benzene rings is 1. The van der Waals surface area contributed by atoms with Crippen LogP contribution in [0, 0.1) is 0 Å². The highest BCUT2D eigenvalue weighted by atomic mass is 16.1. The summed E-state index contributed by atoms with van der Waals surface area (Å²) in [4.78, 5) is 25.9. The zero-order valence-electron chi connectivity index (χ0n) is 18.5. The van der Waals surface area contributed by atoms with Crippen LogP contribution in [-0.2, 0) is 11.2 Å². The molecule has 1 saturated heterocycles. The fourth-order valence-electron chi connectivity index (χ4n) is 4.23. The van der Waals surface area contributed by atoms with Crippen molar-refractivity contribution in [3.05, 3.63) is 54.4 Å². The van der Waals surface area contributed by atoms with E-state index >= 15 is 0 Å². The Labute approximate surface area is 184 Å². The SMILES string of the molecule is CCN1CCN(c2cc3cc[nH]c3cn2)CC1.CNC(=O)CN1CCc2ccccc21. The number of hydrogen-bond acceptors (Lipinski definition) is 5. The van der Waals surface area contributed by atoms with Crippen molar-refractivity contribution in [1.29, 1.82) is 0 Å². The number of carbonyl (C=O) groups is 1. The van der Waals surface area contributed by atoms with E-state index in [-0.39, 0.29) is 5.91 Å². The summed E-state index contributed by atoms with van der Waals surface area (Å²) in [5, 5.41) is 3.89. The average molecular weight is 421 g/mol. The minimum absolute atomic E-state index is 0.0710. The van der Waals surface area contributed by atoms with E-state index < -0.39 is 0 Å². The van der Waals surface area contributed by atoms with Gasteiger partial charge >= 0.3 is 0 Å². The zero-order valence-corrected chi connectivity index (χ0v) is 18.5. The van der Waals surface area contributed by atoms with Gasteiger partial charge in [-0.1, -0.05) is 25.1 Å². The predicted octanol–water partition coefficient (Wildman–Crippen LogP) is 2.50. The molecule has 2 aliphatic heterocycles. The molecular formula is C24H32N6O. The number of pyridine rings is 1. The summed E-state index contributed by atoms with van der Waals surface area (Å²) in [6, 6.07) is 12.5. The summed E-state index contributed by atoms with van der Waals surface area (Å²) in [5.41, 5.74) is 3.66. The lowest BCUT2D eigenvalue weighted by Gasteiger charge is -2.34. The number of piperazine rings is 1. The first-order valence-corrected chi connectivity index (χ1v) is 11.1. The molecule has 0 radical (unpaired) electrons. The number of aromatic amines is 1. The normalized spacial score (nSPS) is 16.1. The standard InChI is InChI=1S/C13H18N4.C11H14N2O/c1-2-16-5-7-17(8-6-16)13-9-11-3-4-14-12(11)10-15-13;1-12-11(14)8-13-7-6-9-4-2-3-5-10(9)13/h3-4,9-10,14H,2,5-8H2,1H3;2-5H,6-8H2,1H3,(H,12,14). The Balaban J connectivity index is 0.000000152. The van der Waals surface area contributed by atoms with Crippen LogP contribution in [0.2, 0.25) is 0 Å². The van der Waals surface area contributed by atoms with Gasteiger partial charge in [-0.25, -0.2) is 4.98 Å². The third kappa shape index (κ3) is 4.99. The van der Waals surface area contributed by atoms with Crippen LogP contribution < -0.4 is 15.1 Å². The van der Waals surface area contributed by atoms with Crippen molar-refractivity contribution in [3.8, 4) is 0 Å². The number of nitrogens with zero attached hydrogens (tertiary/aromatic N) is 4. The van der Waals surface area contributed by atoms with E-state index in [0.29, 0.717) is 6.54 Å². The lowest BCUT2D eigenvalue weighted by Crippen LogP contribution is -2.46. The minimum atomic E-state index is 0.0710. The van der Waals surface area contributed by atoms with Gasteiger partial charge in [-0.2, -0.15) is 0 Å². The van der Waals surface area contributed by atoms with E-state index in [9.17, 15) is 4.79 Å². The molecule has 3 aromatic rings. The van der Waals surface area contributed by atoms with E-state index in [1.54, 1.807) is 7.05 Å². The van der Waals surface area contributed by atoms with Crippen molar-refractivity contribution < 1.29 is 4.79 Å². The van der Waals surface area contributed by atoms with Gasteiger partial charge < -0.3 is 25.0 Å². The van der Waals surface area contributed by atoms with Crippen molar-refractivity contribution in [3.63, 3.8) is 0 Å². The molecule has 7 nitrogen and oxygen atoms in total. The number of para-hydroxylation sites is 1. The van der Waals surface area contributed by atoms with Crippen LogP contribution in [0.1, 0.15) is 12.5 Å². The molecule has 5 rings (SSSR count). The Hall–Kier alpha value is -3.06. The molecule has 4 heterocycles. The number of aromatic nitrogens is 2. The van der Waals surface area contributed by atoms with Gasteiger partial charge in [-0.3, -0.25) is 4.79 Å². The van der Waals surface area contributed by atoms with Gasteiger partial charge in [-0.05, 0) is 36.7 Å². The summed E-state index contributed by atoms with van der Waals surface area (Å²) in [6.07, 6.45) is 4.94. The first kappa shape index (κ1) is 21.2. The highest BCUT2D eigenvalue weighted by Gasteiger charge is 2.19. The van der Waals surface area contributed by atoms with Crippen molar-refractivity contribution in [2.24, 2.45) is 0 Å². The van der Waals surface area contributed by atoms with Gasteiger partial charge in [-0.15, -0.1) is 0 Å². The molecule has 2 aromatic heterocycles.